The molecular formula is C19H19BrClF3N6O2. The summed E-state index contributed by atoms with van der Waals surface area (Å²) in [5.41, 5.74) is 4.99. The van der Waals surface area contributed by atoms with Crippen molar-refractivity contribution in [2.75, 3.05) is 30.4 Å². The van der Waals surface area contributed by atoms with Gasteiger partial charge in [0.2, 0.25) is 5.95 Å². The molecule has 0 saturated carbocycles. The van der Waals surface area contributed by atoms with Crippen LogP contribution in [0.2, 0.25) is 0 Å². The summed E-state index contributed by atoms with van der Waals surface area (Å²) < 4.78 is 45.6. The first-order valence-electron chi connectivity index (χ1n) is 9.29. The van der Waals surface area contributed by atoms with Crippen molar-refractivity contribution in [3.8, 4) is 5.75 Å². The second kappa shape index (κ2) is 9.12. The molecule has 4 rings (SSSR count). The molecule has 0 amide bonds. The molecule has 32 heavy (non-hydrogen) atoms. The van der Waals surface area contributed by atoms with Gasteiger partial charge in [0, 0.05) is 31.0 Å². The number of alkyl halides is 3. The number of nitrogens with two attached hydrogens (primary N) is 1. The molecule has 3 heterocycles. The van der Waals surface area contributed by atoms with Gasteiger partial charge in [0.1, 0.15) is 17.0 Å². The molecule has 1 aliphatic heterocycles. The zero-order valence-corrected chi connectivity index (χ0v) is 19.1. The minimum Gasteiger partial charge on any atom is -0.496 e. The van der Waals surface area contributed by atoms with E-state index in [9.17, 15) is 18.0 Å². The van der Waals surface area contributed by atoms with Crippen LogP contribution in [0.15, 0.2) is 33.7 Å². The van der Waals surface area contributed by atoms with Gasteiger partial charge in [-0.05, 0) is 40.5 Å². The molecule has 0 aliphatic carbocycles. The molecule has 2 aromatic heterocycles. The van der Waals surface area contributed by atoms with Crippen LogP contribution in [0.4, 0.5) is 30.6 Å². The number of H-pyrrole nitrogens is 1. The van der Waals surface area contributed by atoms with Gasteiger partial charge < -0.3 is 25.7 Å². The average molecular weight is 536 g/mol. The van der Waals surface area contributed by atoms with Crippen molar-refractivity contribution in [1.82, 2.24) is 15.0 Å². The van der Waals surface area contributed by atoms with E-state index in [0.29, 0.717) is 29.0 Å². The number of rotatable bonds is 4. The lowest BCUT2D eigenvalue weighted by Crippen LogP contribution is -2.28. The Bertz CT molecular complexity index is 1210. The number of halogens is 5. The first-order valence-corrected chi connectivity index (χ1v) is 10.1. The predicted octanol–water partition coefficient (Wildman–Crippen LogP) is 3.81. The largest absolute Gasteiger partial charge is 0.496 e. The first kappa shape index (κ1) is 24.1. The molecule has 8 nitrogen and oxygen atoms in total. The monoisotopic (exact) mass is 534 g/mol. The zero-order valence-electron chi connectivity index (χ0n) is 16.7. The predicted molar refractivity (Wildman–Crippen MR) is 121 cm³/mol. The van der Waals surface area contributed by atoms with Gasteiger partial charge in [0.15, 0.2) is 0 Å². The molecule has 3 aromatic rings. The lowest BCUT2D eigenvalue weighted by molar-refractivity contribution is -0.138. The summed E-state index contributed by atoms with van der Waals surface area (Å²) in [4.78, 5) is 25.9. The van der Waals surface area contributed by atoms with Crippen LogP contribution in [-0.2, 0) is 6.18 Å². The average Bonchev–Trinajstić information content (AvgIpc) is 3.16. The number of pyridine rings is 1. The van der Waals surface area contributed by atoms with Gasteiger partial charge in [-0.25, -0.2) is 4.98 Å². The Balaban J connectivity index is 0.00000289. The quantitative estimate of drug-likeness (QED) is 0.466. The Morgan fingerprint density at radius 2 is 2.09 bits per heavy atom. The molecule has 0 bridgehead atoms. The van der Waals surface area contributed by atoms with Gasteiger partial charge in [-0.1, -0.05) is 0 Å². The molecule has 172 valence electrons. The second-order valence-electron chi connectivity index (χ2n) is 7.09. The number of aromatic amines is 1. The maximum atomic E-state index is 13.4. The fourth-order valence-electron chi connectivity index (χ4n) is 3.45. The van der Waals surface area contributed by atoms with Crippen molar-refractivity contribution < 1.29 is 17.9 Å². The lowest BCUT2D eigenvalue weighted by Gasteiger charge is -2.19. The number of nitrogens with one attached hydrogen (secondary N) is 2. The lowest BCUT2D eigenvalue weighted by atomic mass is 10.1. The number of methoxy groups -OCH3 is 1. The van der Waals surface area contributed by atoms with Gasteiger partial charge in [-0.2, -0.15) is 18.2 Å². The van der Waals surface area contributed by atoms with E-state index in [1.165, 1.54) is 25.4 Å². The Morgan fingerprint density at radius 1 is 1.34 bits per heavy atom. The summed E-state index contributed by atoms with van der Waals surface area (Å²) in [6.45, 7) is 1.17. The highest BCUT2D eigenvalue weighted by Gasteiger charge is 2.34. The molecule has 0 spiro atoms. The van der Waals surface area contributed by atoms with Gasteiger partial charge in [0.25, 0.3) is 5.56 Å². The third-order valence-electron chi connectivity index (χ3n) is 4.96. The summed E-state index contributed by atoms with van der Waals surface area (Å²) in [7, 11) is 1.17. The molecule has 1 aromatic carbocycles. The third kappa shape index (κ3) is 4.62. The number of aromatic nitrogens is 3. The minimum absolute atomic E-state index is 0. The summed E-state index contributed by atoms with van der Waals surface area (Å²) in [6, 6.07) is 3.49. The fourth-order valence-corrected chi connectivity index (χ4v) is 3.85. The maximum absolute atomic E-state index is 13.4. The fraction of sp³-hybridized carbons (Fsp3) is 0.316. The number of hydrogen-bond donors (Lipinski definition) is 3. The van der Waals surface area contributed by atoms with Crippen LogP contribution in [0.3, 0.4) is 0 Å². The van der Waals surface area contributed by atoms with E-state index in [-0.39, 0.29) is 41.1 Å². The number of hydrogen-bond acceptors (Lipinski definition) is 7. The SMILES string of the molecule is COc1ccc(Nc2nc(N3CC[C@@H](N)C3)nc3c(Br)c[nH]c(=O)c23)cc1C(F)(F)F.Cl. The number of benzene rings is 1. The topological polar surface area (TPSA) is 109 Å². The Kier molecular flexibility index (Phi) is 6.86. The van der Waals surface area contributed by atoms with Crippen LogP contribution in [0.25, 0.3) is 10.9 Å². The van der Waals surface area contributed by atoms with E-state index in [2.05, 4.69) is 36.2 Å². The zero-order chi connectivity index (χ0) is 22.3. The van der Waals surface area contributed by atoms with Gasteiger partial charge >= 0.3 is 6.18 Å². The van der Waals surface area contributed by atoms with Crippen molar-refractivity contribution in [2.45, 2.75) is 18.6 Å². The number of anilines is 3. The molecule has 13 heteroatoms. The van der Waals surface area contributed by atoms with Crippen LogP contribution < -0.4 is 26.2 Å². The van der Waals surface area contributed by atoms with Crippen LogP contribution in [-0.4, -0.2) is 41.2 Å². The summed E-state index contributed by atoms with van der Waals surface area (Å²) >= 11 is 3.37. The van der Waals surface area contributed by atoms with E-state index in [1.54, 1.807) is 0 Å². The normalized spacial score (nSPS) is 16.2. The molecule has 0 unspecified atom stereocenters. The number of fused-ring (bicyclic) bond motifs is 1. The van der Waals surface area contributed by atoms with Gasteiger partial charge in [-0.15, -0.1) is 12.4 Å². The number of nitrogens with zero attached hydrogens (tertiary/aromatic N) is 3. The van der Waals surface area contributed by atoms with E-state index >= 15 is 0 Å². The van der Waals surface area contributed by atoms with E-state index < -0.39 is 17.3 Å². The molecule has 1 fully saturated rings. The van der Waals surface area contributed by atoms with E-state index in [0.717, 1.165) is 12.5 Å². The van der Waals surface area contributed by atoms with Gasteiger partial charge in [0.05, 0.1) is 22.7 Å². The molecule has 0 radical (unpaired) electrons. The first-order chi connectivity index (χ1) is 14.7. The summed E-state index contributed by atoms with van der Waals surface area (Å²) in [5, 5.41) is 2.97. The van der Waals surface area contributed by atoms with Crippen LogP contribution in [0.5, 0.6) is 5.75 Å². The Hall–Kier alpha value is -2.57. The highest BCUT2D eigenvalue weighted by Crippen LogP contribution is 2.38. The summed E-state index contributed by atoms with van der Waals surface area (Å²) in [5.74, 6) is 0.109. The van der Waals surface area contributed by atoms with Crippen molar-refractivity contribution in [1.29, 1.82) is 0 Å². The minimum atomic E-state index is -4.62. The summed E-state index contributed by atoms with van der Waals surface area (Å²) in [6.07, 6.45) is -2.40. The molecular weight excluding hydrogens is 517 g/mol. The molecule has 1 atom stereocenters. The van der Waals surface area contributed by atoms with Crippen LogP contribution in [0, 0.1) is 0 Å². The van der Waals surface area contributed by atoms with Crippen LogP contribution >= 0.6 is 28.3 Å². The maximum Gasteiger partial charge on any atom is 0.420 e. The standard InChI is InChI=1S/C19H18BrF3N6O2.ClH/c1-31-13-3-2-10(6-11(13)19(21,22)23)26-16-14-15(12(20)7-25-17(14)30)27-18(28-16)29-5-4-9(24)8-29;/h2-3,6-7,9H,4-5,8,24H2,1H3,(H,25,30)(H,26,27,28);1H/t9-;/m1./s1. The van der Waals surface area contributed by atoms with Crippen molar-refractivity contribution in [2.24, 2.45) is 5.73 Å². The van der Waals surface area contributed by atoms with E-state index in [1.807, 2.05) is 4.90 Å². The Labute approximate surface area is 194 Å². The van der Waals surface area contributed by atoms with Crippen molar-refractivity contribution in [3.63, 3.8) is 0 Å². The van der Waals surface area contributed by atoms with Gasteiger partial charge in [-0.3, -0.25) is 4.79 Å². The molecule has 1 aliphatic rings. The van der Waals surface area contributed by atoms with E-state index in [4.69, 9.17) is 10.5 Å². The smallest absolute Gasteiger partial charge is 0.420 e. The molecule has 4 N–H and O–H groups in total. The highest BCUT2D eigenvalue weighted by molar-refractivity contribution is 9.10. The highest BCUT2D eigenvalue weighted by atomic mass is 79.9. The molecule has 1 saturated heterocycles. The Morgan fingerprint density at radius 3 is 2.72 bits per heavy atom. The van der Waals surface area contributed by atoms with Crippen LogP contribution in [0.1, 0.15) is 12.0 Å². The van der Waals surface area contributed by atoms with Crippen molar-refractivity contribution in [3.05, 3.63) is 44.8 Å². The van der Waals surface area contributed by atoms with Crippen molar-refractivity contribution >= 4 is 56.7 Å². The second-order valence-corrected chi connectivity index (χ2v) is 7.95. The third-order valence-corrected chi connectivity index (χ3v) is 5.56. The number of ether oxygens (including phenoxy) is 1.